The van der Waals surface area contributed by atoms with Gasteiger partial charge in [-0.1, -0.05) is 0 Å². The van der Waals surface area contributed by atoms with Gasteiger partial charge in [0.1, 0.15) is 11.6 Å². The van der Waals surface area contributed by atoms with E-state index >= 15 is 0 Å². The molecule has 0 aliphatic carbocycles. The molecule has 0 fully saturated rings. The minimum Gasteiger partial charge on any atom is -0.302 e. The van der Waals surface area contributed by atoms with Crippen molar-refractivity contribution in [3.8, 4) is 11.3 Å². The van der Waals surface area contributed by atoms with Gasteiger partial charge in [-0.15, -0.1) is 0 Å². The molecule has 24 heavy (non-hydrogen) atoms. The predicted molar refractivity (Wildman–Crippen MR) is 83.3 cm³/mol. The Labute approximate surface area is 136 Å². The lowest BCUT2D eigenvalue weighted by Gasteiger charge is -2.06. The van der Waals surface area contributed by atoms with Crippen molar-refractivity contribution in [3.63, 3.8) is 0 Å². The fourth-order valence-electron chi connectivity index (χ4n) is 2.17. The van der Waals surface area contributed by atoms with Crippen LogP contribution in [-0.2, 0) is 7.05 Å². The van der Waals surface area contributed by atoms with Gasteiger partial charge in [0.25, 0.3) is 5.91 Å². The summed E-state index contributed by atoms with van der Waals surface area (Å²) < 4.78 is 28.3. The Morgan fingerprint density at radius 2 is 1.83 bits per heavy atom. The van der Waals surface area contributed by atoms with Gasteiger partial charge in [-0.3, -0.25) is 9.48 Å². The molecule has 2 heterocycles. The predicted octanol–water partition coefficient (Wildman–Crippen LogP) is 2.72. The third kappa shape index (κ3) is 3.43. The molecule has 122 valence electrons. The lowest BCUT2D eigenvalue weighted by molar-refractivity contribution is 0.101. The monoisotopic (exact) mass is 329 g/mol. The largest absolute Gasteiger partial charge is 0.302 e. The van der Waals surface area contributed by atoms with E-state index in [1.54, 1.807) is 32.3 Å². The number of benzene rings is 1. The minimum atomic E-state index is -0.722. The van der Waals surface area contributed by atoms with Gasteiger partial charge < -0.3 is 5.32 Å². The second kappa shape index (κ2) is 6.15. The number of nitrogens with one attached hydrogen (secondary N) is 1. The Bertz CT molecular complexity index is 902. The maximum absolute atomic E-state index is 13.4. The summed E-state index contributed by atoms with van der Waals surface area (Å²) in [5.74, 6) is -1.76. The Balaban J connectivity index is 1.95. The maximum atomic E-state index is 13.4. The van der Waals surface area contributed by atoms with Crippen molar-refractivity contribution in [1.82, 2.24) is 19.7 Å². The number of rotatable bonds is 3. The van der Waals surface area contributed by atoms with E-state index in [4.69, 9.17) is 0 Å². The number of carbonyl (C=O) groups excluding carboxylic acids is 1. The van der Waals surface area contributed by atoms with E-state index in [1.165, 1.54) is 4.68 Å². The quantitative estimate of drug-likeness (QED) is 0.802. The molecule has 0 saturated heterocycles. The van der Waals surface area contributed by atoms with E-state index in [0.29, 0.717) is 11.5 Å². The van der Waals surface area contributed by atoms with Crippen LogP contribution < -0.4 is 5.32 Å². The summed E-state index contributed by atoms with van der Waals surface area (Å²) in [6.45, 7) is 1.67. The Morgan fingerprint density at radius 3 is 2.46 bits per heavy atom. The normalized spacial score (nSPS) is 10.7. The standard InChI is InChI=1S/C16H13F2N5O/c1-9-5-13(10-6-11(17)8-12(18)7-10)20-15(19-9)16(24)21-14-3-4-23(2)22-14/h3-8H,1-2H3,(H,21,22,24). The van der Waals surface area contributed by atoms with Crippen molar-refractivity contribution >= 4 is 11.7 Å². The summed E-state index contributed by atoms with van der Waals surface area (Å²) in [5.41, 5.74) is 0.979. The van der Waals surface area contributed by atoms with Crippen molar-refractivity contribution in [3.05, 3.63) is 59.7 Å². The van der Waals surface area contributed by atoms with E-state index in [9.17, 15) is 13.6 Å². The van der Waals surface area contributed by atoms with E-state index in [-0.39, 0.29) is 17.1 Å². The topological polar surface area (TPSA) is 72.7 Å². The van der Waals surface area contributed by atoms with Crippen LogP contribution in [0.25, 0.3) is 11.3 Å². The van der Waals surface area contributed by atoms with Crippen molar-refractivity contribution in [2.45, 2.75) is 6.92 Å². The molecule has 3 rings (SSSR count). The summed E-state index contributed by atoms with van der Waals surface area (Å²) in [4.78, 5) is 20.4. The number of hydrogen-bond acceptors (Lipinski definition) is 4. The molecule has 0 radical (unpaired) electrons. The molecular formula is C16H13F2N5O. The molecule has 1 aromatic carbocycles. The molecule has 1 amide bonds. The van der Waals surface area contributed by atoms with E-state index < -0.39 is 17.5 Å². The van der Waals surface area contributed by atoms with Crippen LogP contribution in [-0.4, -0.2) is 25.7 Å². The van der Waals surface area contributed by atoms with Crippen LogP contribution in [0.1, 0.15) is 16.3 Å². The molecule has 0 spiro atoms. The summed E-state index contributed by atoms with van der Waals surface area (Å²) in [5, 5.41) is 6.60. The lowest BCUT2D eigenvalue weighted by Crippen LogP contribution is -2.17. The van der Waals surface area contributed by atoms with E-state index in [2.05, 4.69) is 20.4 Å². The highest BCUT2D eigenvalue weighted by Gasteiger charge is 2.14. The van der Waals surface area contributed by atoms with Crippen LogP contribution in [0.3, 0.4) is 0 Å². The Morgan fingerprint density at radius 1 is 1.12 bits per heavy atom. The molecule has 0 unspecified atom stereocenters. The first-order valence-electron chi connectivity index (χ1n) is 7.04. The van der Waals surface area contributed by atoms with Gasteiger partial charge in [0.15, 0.2) is 5.82 Å². The third-order valence-corrected chi connectivity index (χ3v) is 3.17. The summed E-state index contributed by atoms with van der Waals surface area (Å²) in [7, 11) is 1.72. The Hall–Kier alpha value is -3.16. The minimum absolute atomic E-state index is 0.111. The zero-order valence-corrected chi connectivity index (χ0v) is 12.9. The summed E-state index contributed by atoms with van der Waals surface area (Å²) in [6, 6.07) is 6.23. The molecule has 0 bridgehead atoms. The van der Waals surface area contributed by atoms with Gasteiger partial charge >= 0.3 is 0 Å². The first-order valence-corrected chi connectivity index (χ1v) is 7.04. The average Bonchev–Trinajstić information content (AvgIpc) is 2.90. The maximum Gasteiger partial charge on any atom is 0.294 e. The van der Waals surface area contributed by atoms with Crippen LogP contribution in [0.2, 0.25) is 0 Å². The van der Waals surface area contributed by atoms with E-state index in [1.807, 2.05) is 0 Å². The number of amides is 1. The fourth-order valence-corrected chi connectivity index (χ4v) is 2.17. The van der Waals surface area contributed by atoms with Crippen LogP contribution in [0, 0.1) is 18.6 Å². The van der Waals surface area contributed by atoms with Crippen molar-refractivity contribution in [2.75, 3.05) is 5.32 Å². The van der Waals surface area contributed by atoms with Gasteiger partial charge in [0.2, 0.25) is 5.82 Å². The molecule has 2 aromatic heterocycles. The number of hydrogen-bond donors (Lipinski definition) is 1. The average molecular weight is 329 g/mol. The molecule has 0 aliphatic rings. The highest BCUT2D eigenvalue weighted by molar-refractivity contribution is 6.01. The number of carbonyl (C=O) groups is 1. The number of aryl methyl sites for hydroxylation is 2. The van der Waals surface area contributed by atoms with Crippen molar-refractivity contribution in [1.29, 1.82) is 0 Å². The number of anilines is 1. The zero-order valence-electron chi connectivity index (χ0n) is 12.9. The lowest BCUT2D eigenvalue weighted by atomic mass is 10.1. The second-order valence-corrected chi connectivity index (χ2v) is 5.21. The van der Waals surface area contributed by atoms with Crippen molar-refractivity contribution in [2.24, 2.45) is 7.05 Å². The zero-order chi connectivity index (χ0) is 17.3. The number of nitrogens with zero attached hydrogens (tertiary/aromatic N) is 4. The molecule has 8 heteroatoms. The van der Waals surface area contributed by atoms with E-state index in [0.717, 1.165) is 18.2 Å². The molecule has 3 aromatic rings. The Kier molecular flexibility index (Phi) is 4.03. The molecule has 1 N–H and O–H groups in total. The third-order valence-electron chi connectivity index (χ3n) is 3.17. The highest BCUT2D eigenvalue weighted by Crippen LogP contribution is 2.20. The summed E-state index contributed by atoms with van der Waals surface area (Å²) >= 11 is 0. The van der Waals surface area contributed by atoms with Crippen molar-refractivity contribution < 1.29 is 13.6 Å². The molecule has 6 nitrogen and oxygen atoms in total. The highest BCUT2D eigenvalue weighted by atomic mass is 19.1. The first-order chi connectivity index (χ1) is 11.4. The summed E-state index contributed by atoms with van der Waals surface area (Å²) in [6.07, 6.45) is 1.67. The number of aromatic nitrogens is 4. The molecule has 0 atom stereocenters. The van der Waals surface area contributed by atoms with Crippen LogP contribution in [0.4, 0.5) is 14.6 Å². The molecular weight excluding hydrogens is 316 g/mol. The second-order valence-electron chi connectivity index (χ2n) is 5.21. The molecule has 0 aliphatic heterocycles. The van der Waals surface area contributed by atoms with Gasteiger partial charge in [-0.25, -0.2) is 18.7 Å². The van der Waals surface area contributed by atoms with Crippen LogP contribution in [0.5, 0.6) is 0 Å². The smallest absolute Gasteiger partial charge is 0.294 e. The van der Waals surface area contributed by atoms with Gasteiger partial charge in [-0.2, -0.15) is 5.10 Å². The number of halogens is 2. The van der Waals surface area contributed by atoms with Gasteiger partial charge in [0.05, 0.1) is 5.69 Å². The molecule has 0 saturated carbocycles. The first kappa shape index (κ1) is 15.7. The SMILES string of the molecule is Cc1cc(-c2cc(F)cc(F)c2)nc(C(=O)Nc2ccn(C)n2)n1. The van der Waals surface area contributed by atoms with Crippen LogP contribution >= 0.6 is 0 Å². The fraction of sp³-hybridized carbons (Fsp3) is 0.125. The van der Waals surface area contributed by atoms with Gasteiger partial charge in [0, 0.05) is 36.6 Å². The van der Waals surface area contributed by atoms with Gasteiger partial charge in [-0.05, 0) is 25.1 Å². The van der Waals surface area contributed by atoms with Crippen LogP contribution in [0.15, 0.2) is 36.5 Å².